The van der Waals surface area contributed by atoms with Gasteiger partial charge in [-0.2, -0.15) is 0 Å². The van der Waals surface area contributed by atoms with Crippen molar-refractivity contribution >= 4 is 28.2 Å². The number of hydrogen-bond acceptors (Lipinski definition) is 6. The van der Waals surface area contributed by atoms with Gasteiger partial charge in [-0.05, 0) is 19.1 Å². The van der Waals surface area contributed by atoms with E-state index in [4.69, 9.17) is 0 Å². The van der Waals surface area contributed by atoms with Gasteiger partial charge in [0, 0.05) is 24.1 Å². The number of nitrogens with zero attached hydrogens (tertiary/aromatic N) is 4. The molecular formula is C18H17F2N5OS. The zero-order chi connectivity index (χ0) is 19.4. The molecule has 0 unspecified atom stereocenters. The van der Waals surface area contributed by atoms with Crippen LogP contribution in [-0.2, 0) is 0 Å². The fourth-order valence-corrected chi connectivity index (χ4v) is 3.15. The number of nitrogens with one attached hydrogen (secondary N) is 1. The van der Waals surface area contributed by atoms with Gasteiger partial charge < -0.3 is 5.32 Å². The van der Waals surface area contributed by atoms with Crippen molar-refractivity contribution in [3.05, 3.63) is 53.2 Å². The number of aryl methyl sites for hydroxylation is 1. The van der Waals surface area contributed by atoms with Crippen molar-refractivity contribution in [3.63, 3.8) is 0 Å². The summed E-state index contributed by atoms with van der Waals surface area (Å²) in [4.78, 5) is 26.6. The van der Waals surface area contributed by atoms with Gasteiger partial charge in [0.05, 0.1) is 12.2 Å². The minimum atomic E-state index is -2.48. The zero-order valence-corrected chi connectivity index (χ0v) is 15.5. The molecule has 140 valence electrons. The number of aromatic nitrogens is 3. The fraction of sp³-hybridized carbons (Fsp3) is 0.222. The maximum Gasteiger partial charge on any atom is 0.259 e. The van der Waals surface area contributed by atoms with Crippen LogP contribution in [0.15, 0.2) is 42.0 Å². The monoisotopic (exact) mass is 389 g/mol. The highest BCUT2D eigenvalue weighted by Crippen LogP contribution is 2.27. The Balaban J connectivity index is 1.78. The Morgan fingerprint density at radius 2 is 2.07 bits per heavy atom. The van der Waals surface area contributed by atoms with Crippen LogP contribution in [-0.4, -0.2) is 40.9 Å². The van der Waals surface area contributed by atoms with E-state index in [9.17, 15) is 13.6 Å². The fourth-order valence-electron chi connectivity index (χ4n) is 2.37. The van der Waals surface area contributed by atoms with Gasteiger partial charge in [0.15, 0.2) is 5.13 Å². The molecule has 0 saturated heterocycles. The Bertz CT molecular complexity index is 947. The molecule has 0 bridgehead atoms. The zero-order valence-electron chi connectivity index (χ0n) is 14.7. The SMILES string of the molecule is Cc1cccc(C(=O)N(C)c2nc(-c3cc(NCC(F)F)ncn3)cs2)c1. The number of rotatable bonds is 6. The summed E-state index contributed by atoms with van der Waals surface area (Å²) in [7, 11) is 1.66. The van der Waals surface area contributed by atoms with Crippen molar-refractivity contribution in [2.24, 2.45) is 0 Å². The summed E-state index contributed by atoms with van der Waals surface area (Å²) in [6.07, 6.45) is -1.19. The van der Waals surface area contributed by atoms with Crippen molar-refractivity contribution < 1.29 is 13.6 Å². The topological polar surface area (TPSA) is 71.0 Å². The van der Waals surface area contributed by atoms with Gasteiger partial charge in [0.25, 0.3) is 12.3 Å². The van der Waals surface area contributed by atoms with Crippen LogP contribution >= 0.6 is 11.3 Å². The summed E-state index contributed by atoms with van der Waals surface area (Å²) in [5, 5.41) is 4.81. The number of amides is 1. The van der Waals surface area contributed by atoms with E-state index in [1.54, 1.807) is 24.6 Å². The second-order valence-corrected chi connectivity index (χ2v) is 6.65. The molecule has 6 nitrogen and oxygen atoms in total. The van der Waals surface area contributed by atoms with E-state index in [-0.39, 0.29) is 5.91 Å². The van der Waals surface area contributed by atoms with Crippen molar-refractivity contribution in [2.75, 3.05) is 23.8 Å². The average Bonchev–Trinajstić information content (AvgIpc) is 3.15. The van der Waals surface area contributed by atoms with Crippen LogP contribution in [0.4, 0.5) is 19.7 Å². The number of thiazole rings is 1. The third kappa shape index (κ3) is 4.62. The first-order valence-electron chi connectivity index (χ1n) is 8.08. The van der Waals surface area contributed by atoms with Gasteiger partial charge in [-0.3, -0.25) is 9.69 Å². The molecule has 0 atom stereocenters. The van der Waals surface area contributed by atoms with E-state index in [1.807, 2.05) is 25.1 Å². The standard InChI is InChI=1S/C18H17F2N5OS/c1-11-4-3-5-12(6-11)17(26)25(2)18-24-14(9-27-18)13-7-16(23-10-22-13)21-8-15(19)20/h3-7,9-10,15H,8H2,1-2H3,(H,21,22,23). The Labute approximate surface area is 158 Å². The number of carbonyl (C=O) groups excluding carboxylic acids is 1. The first-order chi connectivity index (χ1) is 12.9. The Morgan fingerprint density at radius 3 is 2.81 bits per heavy atom. The first-order valence-corrected chi connectivity index (χ1v) is 8.96. The number of anilines is 2. The van der Waals surface area contributed by atoms with E-state index < -0.39 is 13.0 Å². The molecule has 27 heavy (non-hydrogen) atoms. The molecule has 0 aliphatic carbocycles. The van der Waals surface area contributed by atoms with Crippen molar-refractivity contribution in [1.82, 2.24) is 15.0 Å². The number of benzene rings is 1. The van der Waals surface area contributed by atoms with Crippen LogP contribution in [0.5, 0.6) is 0 Å². The number of halogens is 2. The lowest BCUT2D eigenvalue weighted by molar-refractivity contribution is 0.0993. The Morgan fingerprint density at radius 1 is 1.26 bits per heavy atom. The van der Waals surface area contributed by atoms with Crippen LogP contribution < -0.4 is 10.2 Å². The highest BCUT2D eigenvalue weighted by molar-refractivity contribution is 7.14. The molecule has 1 amide bonds. The quantitative estimate of drug-likeness (QED) is 0.693. The van der Waals surface area contributed by atoms with Gasteiger partial charge in [0.2, 0.25) is 0 Å². The molecule has 2 aromatic heterocycles. The molecule has 3 aromatic rings. The molecule has 3 rings (SSSR count). The Kier molecular flexibility index (Phi) is 5.70. The average molecular weight is 389 g/mol. The van der Waals surface area contributed by atoms with Crippen LogP contribution in [0.25, 0.3) is 11.4 Å². The third-order valence-electron chi connectivity index (χ3n) is 3.72. The maximum absolute atomic E-state index is 12.6. The van der Waals surface area contributed by atoms with Gasteiger partial charge in [-0.25, -0.2) is 23.7 Å². The van der Waals surface area contributed by atoms with Gasteiger partial charge in [-0.15, -0.1) is 11.3 Å². The van der Waals surface area contributed by atoms with Gasteiger partial charge >= 0.3 is 0 Å². The minimum Gasteiger partial charge on any atom is -0.364 e. The largest absolute Gasteiger partial charge is 0.364 e. The van der Waals surface area contributed by atoms with Crippen LogP contribution in [0.3, 0.4) is 0 Å². The summed E-state index contributed by atoms with van der Waals surface area (Å²) >= 11 is 1.30. The lowest BCUT2D eigenvalue weighted by atomic mass is 10.1. The molecule has 0 spiro atoms. The van der Waals surface area contributed by atoms with Crippen LogP contribution in [0, 0.1) is 6.92 Å². The van der Waals surface area contributed by atoms with E-state index >= 15 is 0 Å². The molecular weight excluding hydrogens is 372 g/mol. The van der Waals surface area contributed by atoms with Crippen molar-refractivity contribution in [3.8, 4) is 11.4 Å². The van der Waals surface area contributed by atoms with Crippen molar-refractivity contribution in [2.45, 2.75) is 13.3 Å². The lowest BCUT2D eigenvalue weighted by Gasteiger charge is -2.14. The van der Waals surface area contributed by atoms with E-state index in [2.05, 4.69) is 20.3 Å². The molecule has 9 heteroatoms. The molecule has 0 aliphatic heterocycles. The second-order valence-electron chi connectivity index (χ2n) is 5.81. The molecule has 0 radical (unpaired) electrons. The van der Waals surface area contributed by atoms with Crippen LogP contribution in [0.2, 0.25) is 0 Å². The molecule has 0 aliphatic rings. The summed E-state index contributed by atoms with van der Waals surface area (Å²) in [5.74, 6) is 0.126. The smallest absolute Gasteiger partial charge is 0.259 e. The molecule has 1 aromatic carbocycles. The van der Waals surface area contributed by atoms with E-state index in [0.29, 0.717) is 27.9 Å². The number of carbonyl (C=O) groups is 1. The van der Waals surface area contributed by atoms with Crippen LogP contribution in [0.1, 0.15) is 15.9 Å². The summed E-state index contributed by atoms with van der Waals surface area (Å²) in [6, 6.07) is 8.87. The highest BCUT2D eigenvalue weighted by atomic mass is 32.1. The third-order valence-corrected chi connectivity index (χ3v) is 4.63. The summed E-state index contributed by atoms with van der Waals surface area (Å²) < 4.78 is 24.6. The number of alkyl halides is 2. The molecule has 0 saturated carbocycles. The Hall–Kier alpha value is -2.94. The maximum atomic E-state index is 12.6. The van der Waals surface area contributed by atoms with Gasteiger partial charge in [0.1, 0.15) is 17.8 Å². The van der Waals surface area contributed by atoms with E-state index in [0.717, 1.165) is 5.56 Å². The summed E-state index contributed by atoms with van der Waals surface area (Å²) in [6.45, 7) is 1.43. The molecule has 1 N–H and O–H groups in total. The predicted octanol–water partition coefficient (Wildman–Crippen LogP) is 3.86. The first kappa shape index (κ1) is 18.8. The minimum absolute atomic E-state index is 0.165. The lowest BCUT2D eigenvalue weighted by Crippen LogP contribution is -2.26. The molecule has 0 fully saturated rings. The van der Waals surface area contributed by atoms with E-state index in [1.165, 1.54) is 22.6 Å². The van der Waals surface area contributed by atoms with Crippen molar-refractivity contribution in [1.29, 1.82) is 0 Å². The highest BCUT2D eigenvalue weighted by Gasteiger charge is 2.17. The second kappa shape index (κ2) is 8.17. The van der Waals surface area contributed by atoms with Gasteiger partial charge in [-0.1, -0.05) is 17.7 Å². The molecule has 2 heterocycles. The summed E-state index contributed by atoms with van der Waals surface area (Å²) in [5.41, 5.74) is 2.61. The predicted molar refractivity (Wildman–Crippen MR) is 102 cm³/mol. The normalized spacial score (nSPS) is 10.9. The number of hydrogen-bond donors (Lipinski definition) is 1.